The Morgan fingerprint density at radius 1 is 1.24 bits per heavy atom. The summed E-state index contributed by atoms with van der Waals surface area (Å²) in [7, 11) is 0. The molecule has 1 unspecified atom stereocenters. The molecule has 1 aromatic rings. The second-order valence-corrected chi connectivity index (χ2v) is 6.09. The van der Waals surface area contributed by atoms with Gasteiger partial charge in [-0.1, -0.05) is 19.1 Å². The van der Waals surface area contributed by atoms with Crippen molar-refractivity contribution in [2.24, 2.45) is 0 Å². The van der Waals surface area contributed by atoms with Gasteiger partial charge in [-0.25, -0.2) is 0 Å². The Balaban J connectivity index is 2.02. The fourth-order valence-electron chi connectivity index (χ4n) is 3.12. The first-order valence-corrected chi connectivity index (χ1v) is 8.03. The number of rotatable bonds is 4. The number of nitrogens with zero attached hydrogens (tertiary/aromatic N) is 1. The maximum Gasteiger partial charge on any atom is 0.260 e. The first-order valence-electron chi connectivity index (χ1n) is 8.03. The molecule has 0 radical (unpaired) electrons. The van der Waals surface area contributed by atoms with Crippen molar-refractivity contribution in [1.82, 2.24) is 4.90 Å². The number of benzene rings is 1. The fraction of sp³-hybridized carbons (Fsp3) is 0.611. The number of ether oxygens (including phenoxy) is 1. The van der Waals surface area contributed by atoms with E-state index in [9.17, 15) is 4.79 Å². The average Bonchev–Trinajstić information content (AvgIpc) is 2.50. The van der Waals surface area contributed by atoms with Gasteiger partial charge in [0.1, 0.15) is 5.75 Å². The van der Waals surface area contributed by atoms with E-state index in [1.165, 1.54) is 12.0 Å². The Hall–Kier alpha value is -1.51. The third-order valence-electron chi connectivity index (χ3n) is 4.63. The highest BCUT2D eigenvalue weighted by atomic mass is 16.5. The van der Waals surface area contributed by atoms with Gasteiger partial charge in [0, 0.05) is 12.6 Å². The highest BCUT2D eigenvalue weighted by molar-refractivity contribution is 5.78. The summed E-state index contributed by atoms with van der Waals surface area (Å²) in [6.07, 6.45) is 4.52. The van der Waals surface area contributed by atoms with E-state index >= 15 is 0 Å². The zero-order valence-corrected chi connectivity index (χ0v) is 13.7. The Kier molecular flexibility index (Phi) is 5.27. The van der Waals surface area contributed by atoms with E-state index in [0.29, 0.717) is 6.04 Å². The Morgan fingerprint density at radius 3 is 2.67 bits per heavy atom. The van der Waals surface area contributed by atoms with Crippen molar-refractivity contribution in [2.75, 3.05) is 13.2 Å². The maximum atomic E-state index is 12.4. The van der Waals surface area contributed by atoms with Crippen molar-refractivity contribution >= 4 is 5.91 Å². The predicted molar refractivity (Wildman–Crippen MR) is 85.8 cm³/mol. The Morgan fingerprint density at radius 2 is 1.95 bits per heavy atom. The van der Waals surface area contributed by atoms with E-state index in [2.05, 4.69) is 32.9 Å². The lowest BCUT2D eigenvalue weighted by atomic mass is 10.00. The SMILES string of the molecule is CCC1CCCCN1C(=O)COc1c(C)ccc(C)c1C. The molecule has 1 heterocycles. The second kappa shape index (κ2) is 6.97. The molecule has 21 heavy (non-hydrogen) atoms. The Labute approximate surface area is 128 Å². The number of amides is 1. The predicted octanol–water partition coefficient (Wildman–Crippen LogP) is 3.78. The molecule has 3 nitrogen and oxygen atoms in total. The largest absolute Gasteiger partial charge is 0.483 e. The molecule has 1 aliphatic heterocycles. The minimum absolute atomic E-state index is 0.127. The van der Waals surface area contributed by atoms with Gasteiger partial charge in [-0.3, -0.25) is 4.79 Å². The van der Waals surface area contributed by atoms with E-state index < -0.39 is 0 Å². The third-order valence-corrected chi connectivity index (χ3v) is 4.63. The molecule has 0 aromatic heterocycles. The Bertz CT molecular complexity index is 510. The topological polar surface area (TPSA) is 29.5 Å². The van der Waals surface area contributed by atoms with Crippen molar-refractivity contribution in [1.29, 1.82) is 0 Å². The zero-order valence-electron chi connectivity index (χ0n) is 13.7. The minimum atomic E-state index is 0.127. The van der Waals surface area contributed by atoms with Gasteiger partial charge in [-0.15, -0.1) is 0 Å². The van der Waals surface area contributed by atoms with E-state index in [4.69, 9.17) is 4.74 Å². The van der Waals surface area contributed by atoms with E-state index in [1.807, 2.05) is 11.8 Å². The standard InChI is InChI=1S/C18H27NO2/c1-5-16-8-6-7-11-19(16)17(20)12-21-18-14(3)10-9-13(2)15(18)4/h9-10,16H,5-8,11-12H2,1-4H3. The van der Waals surface area contributed by atoms with Crippen LogP contribution in [0.3, 0.4) is 0 Å². The molecule has 0 spiro atoms. The molecular formula is C18H27NO2. The quantitative estimate of drug-likeness (QED) is 0.844. The maximum absolute atomic E-state index is 12.4. The molecule has 1 aromatic carbocycles. The molecule has 1 fully saturated rings. The summed E-state index contributed by atoms with van der Waals surface area (Å²) < 4.78 is 5.87. The van der Waals surface area contributed by atoms with Crippen molar-refractivity contribution < 1.29 is 9.53 Å². The van der Waals surface area contributed by atoms with E-state index in [-0.39, 0.29) is 12.5 Å². The van der Waals surface area contributed by atoms with Gasteiger partial charge in [0.25, 0.3) is 5.91 Å². The average molecular weight is 289 g/mol. The van der Waals surface area contributed by atoms with Gasteiger partial charge in [-0.2, -0.15) is 0 Å². The normalized spacial score (nSPS) is 18.7. The molecule has 2 rings (SSSR count). The summed E-state index contributed by atoms with van der Waals surface area (Å²) in [5.74, 6) is 0.996. The number of hydrogen-bond acceptors (Lipinski definition) is 2. The zero-order chi connectivity index (χ0) is 15.4. The van der Waals surface area contributed by atoms with Crippen molar-refractivity contribution in [3.63, 3.8) is 0 Å². The summed E-state index contributed by atoms with van der Waals surface area (Å²) in [4.78, 5) is 14.5. The summed E-state index contributed by atoms with van der Waals surface area (Å²) in [6.45, 7) is 9.35. The number of hydrogen-bond donors (Lipinski definition) is 0. The lowest BCUT2D eigenvalue weighted by molar-refractivity contribution is -0.137. The lowest BCUT2D eigenvalue weighted by Crippen LogP contribution is -2.45. The van der Waals surface area contributed by atoms with Crippen LogP contribution in [-0.4, -0.2) is 30.0 Å². The summed E-state index contributed by atoms with van der Waals surface area (Å²) in [6, 6.07) is 4.55. The number of aryl methyl sites for hydroxylation is 2. The van der Waals surface area contributed by atoms with Crippen molar-refractivity contribution in [2.45, 2.75) is 59.4 Å². The van der Waals surface area contributed by atoms with Crippen molar-refractivity contribution in [3.8, 4) is 5.75 Å². The molecule has 0 aliphatic carbocycles. The van der Waals surface area contributed by atoms with Gasteiger partial charge in [-0.05, 0) is 63.1 Å². The number of piperidine rings is 1. The molecule has 0 saturated carbocycles. The number of likely N-dealkylation sites (tertiary alicyclic amines) is 1. The molecule has 1 amide bonds. The van der Waals surface area contributed by atoms with Crippen LogP contribution in [-0.2, 0) is 4.79 Å². The molecule has 1 saturated heterocycles. The molecular weight excluding hydrogens is 262 g/mol. The minimum Gasteiger partial charge on any atom is -0.483 e. The van der Waals surface area contributed by atoms with Crippen molar-refractivity contribution in [3.05, 3.63) is 28.8 Å². The van der Waals surface area contributed by atoms with E-state index in [1.54, 1.807) is 0 Å². The molecule has 116 valence electrons. The fourth-order valence-corrected chi connectivity index (χ4v) is 3.12. The second-order valence-electron chi connectivity index (χ2n) is 6.09. The van der Waals surface area contributed by atoms with Crippen LogP contribution in [0.15, 0.2) is 12.1 Å². The first kappa shape index (κ1) is 15.9. The molecule has 1 atom stereocenters. The van der Waals surface area contributed by atoms with Crippen LogP contribution in [0.2, 0.25) is 0 Å². The van der Waals surface area contributed by atoms with Gasteiger partial charge >= 0.3 is 0 Å². The molecule has 1 aliphatic rings. The van der Waals surface area contributed by atoms with Crippen LogP contribution in [0.5, 0.6) is 5.75 Å². The molecule has 0 N–H and O–H groups in total. The van der Waals surface area contributed by atoms with Gasteiger partial charge in [0.2, 0.25) is 0 Å². The van der Waals surface area contributed by atoms with Gasteiger partial charge in [0.05, 0.1) is 0 Å². The smallest absolute Gasteiger partial charge is 0.260 e. The van der Waals surface area contributed by atoms with E-state index in [0.717, 1.165) is 42.7 Å². The molecule has 0 bridgehead atoms. The first-order chi connectivity index (χ1) is 10.0. The highest BCUT2D eigenvalue weighted by Crippen LogP contribution is 2.26. The van der Waals surface area contributed by atoms with Gasteiger partial charge < -0.3 is 9.64 Å². The van der Waals surface area contributed by atoms with Crippen LogP contribution >= 0.6 is 0 Å². The monoisotopic (exact) mass is 289 g/mol. The van der Waals surface area contributed by atoms with Crippen LogP contribution < -0.4 is 4.74 Å². The van der Waals surface area contributed by atoms with Crippen LogP contribution in [0.1, 0.15) is 49.3 Å². The summed E-state index contributed by atoms with van der Waals surface area (Å²) in [5, 5.41) is 0. The third kappa shape index (κ3) is 3.58. The molecule has 3 heteroatoms. The number of carbonyl (C=O) groups is 1. The van der Waals surface area contributed by atoms with Crippen LogP contribution in [0, 0.1) is 20.8 Å². The summed E-state index contributed by atoms with van der Waals surface area (Å²) >= 11 is 0. The lowest BCUT2D eigenvalue weighted by Gasteiger charge is -2.35. The van der Waals surface area contributed by atoms with Crippen LogP contribution in [0.25, 0.3) is 0 Å². The van der Waals surface area contributed by atoms with Crippen LogP contribution in [0.4, 0.5) is 0 Å². The van der Waals surface area contributed by atoms with Gasteiger partial charge in [0.15, 0.2) is 6.61 Å². The highest BCUT2D eigenvalue weighted by Gasteiger charge is 2.25. The summed E-state index contributed by atoms with van der Waals surface area (Å²) in [5.41, 5.74) is 3.43. The number of carbonyl (C=O) groups excluding carboxylic acids is 1.